The van der Waals surface area contributed by atoms with E-state index in [-0.39, 0.29) is 48.4 Å². The first-order valence-corrected chi connectivity index (χ1v) is 16.6. The quantitative estimate of drug-likeness (QED) is 0.0689. The molecule has 0 saturated heterocycles. The number of amides is 3. The summed E-state index contributed by atoms with van der Waals surface area (Å²) < 4.78 is 25.1. The number of aromatic nitrogens is 2. The van der Waals surface area contributed by atoms with E-state index in [0.717, 1.165) is 18.0 Å². The van der Waals surface area contributed by atoms with Gasteiger partial charge in [0.05, 0.1) is 12.8 Å². The Morgan fingerprint density at radius 2 is 1.71 bits per heavy atom. The van der Waals surface area contributed by atoms with Gasteiger partial charge in [0.25, 0.3) is 0 Å². The Morgan fingerprint density at radius 1 is 0.961 bits per heavy atom. The van der Waals surface area contributed by atoms with Crippen LogP contribution in [0.15, 0.2) is 54.7 Å². The zero-order chi connectivity index (χ0) is 37.2. The smallest absolute Gasteiger partial charge is 0.322 e. The number of anilines is 5. The molecule has 0 aliphatic rings. The van der Waals surface area contributed by atoms with E-state index in [1.54, 1.807) is 55.6 Å². The third-order valence-electron chi connectivity index (χ3n) is 6.64. The minimum Gasteiger partial charge on any atom is -0.491 e. The van der Waals surface area contributed by atoms with Gasteiger partial charge in [0, 0.05) is 48.5 Å². The maximum atomic E-state index is 14.6. The molecule has 0 bridgehead atoms. The average Bonchev–Trinajstić information content (AvgIpc) is 3.09. The van der Waals surface area contributed by atoms with Gasteiger partial charge < -0.3 is 52.0 Å². The molecule has 17 nitrogen and oxygen atoms in total. The molecule has 3 amide bonds. The summed E-state index contributed by atoms with van der Waals surface area (Å²) in [6.07, 6.45) is 0.607. The average molecular weight is 731 g/mol. The maximum Gasteiger partial charge on any atom is 0.322 e. The predicted molar refractivity (Wildman–Crippen MR) is 187 cm³/mol. The van der Waals surface area contributed by atoms with Crippen LogP contribution in [0.2, 0.25) is 0 Å². The molecular weight excluding hydrogens is 691 g/mol. The van der Waals surface area contributed by atoms with Gasteiger partial charge >= 0.3 is 11.9 Å². The van der Waals surface area contributed by atoms with E-state index in [0.29, 0.717) is 36.0 Å². The second-order valence-corrected chi connectivity index (χ2v) is 11.8. The summed E-state index contributed by atoms with van der Waals surface area (Å²) in [4.78, 5) is 67.4. The third kappa shape index (κ3) is 14.9. The van der Waals surface area contributed by atoms with E-state index < -0.39 is 48.2 Å². The highest BCUT2D eigenvalue weighted by Gasteiger charge is 2.22. The number of hydrogen-bond donors (Lipinski definition) is 8. The Bertz CT molecular complexity index is 1650. The lowest BCUT2D eigenvalue weighted by atomic mass is 10.1. The van der Waals surface area contributed by atoms with E-state index in [2.05, 4.69) is 36.6 Å². The van der Waals surface area contributed by atoms with Crippen molar-refractivity contribution in [2.45, 2.75) is 31.3 Å². The van der Waals surface area contributed by atoms with Crippen LogP contribution in [0.1, 0.15) is 19.3 Å². The lowest BCUT2D eigenvalue weighted by Gasteiger charge is -2.18. The molecule has 274 valence electrons. The molecule has 1 heterocycles. The molecule has 9 N–H and O–H groups in total. The fourth-order valence-corrected chi connectivity index (χ4v) is 5.03. The monoisotopic (exact) mass is 730 g/mol. The summed E-state index contributed by atoms with van der Waals surface area (Å²) in [5, 5.41) is 31.0. The van der Waals surface area contributed by atoms with E-state index in [1.165, 1.54) is 0 Å². The van der Waals surface area contributed by atoms with Crippen molar-refractivity contribution in [3.05, 3.63) is 60.5 Å². The number of thioether (sulfide) groups is 1. The normalized spacial score (nSPS) is 11.8. The molecule has 51 heavy (non-hydrogen) atoms. The molecule has 1 aromatic heterocycles. The van der Waals surface area contributed by atoms with Gasteiger partial charge in [-0.2, -0.15) is 16.7 Å². The van der Waals surface area contributed by atoms with Crippen LogP contribution in [0.4, 0.5) is 33.2 Å². The minimum absolute atomic E-state index is 0.00477. The van der Waals surface area contributed by atoms with Crippen LogP contribution in [-0.4, -0.2) is 100 Å². The lowest BCUT2D eigenvalue weighted by Crippen LogP contribution is -2.49. The standard InChI is InChI=1S/C32H39FN8O9S/c1-49-12-13-50-22-7-5-19(6-8-22)39-32-36-16-23(33)29(41-32)38-21-4-2-3-20(15-21)37-27(43)11-14-51-18-25(30(46)35-17-28(44)45)40-26(42)10-9-24(34)31(47)48/h2-8,15-16,24-25H,9-14,17-18,34H2,1H3,(H,35,46)(H,37,43)(H,40,42)(H,44,45)(H,47,48)(H2,36,38,39,41)/t24-,25-/m0/s1. The number of methoxy groups -OCH3 is 1. The van der Waals surface area contributed by atoms with Gasteiger partial charge in [-0.3, -0.25) is 24.0 Å². The van der Waals surface area contributed by atoms with E-state index in [1.807, 2.05) is 0 Å². The Kier molecular flexibility index (Phi) is 16.3. The SMILES string of the molecule is COCCOc1ccc(Nc2ncc(F)c(Nc3cccc(NC(=O)CCSC[C@H](NC(=O)CC[C@H](N)C(=O)O)C(=O)NCC(=O)O)c3)n2)cc1. The van der Waals surface area contributed by atoms with Gasteiger partial charge in [0.1, 0.15) is 31.0 Å². The zero-order valence-corrected chi connectivity index (χ0v) is 28.3. The number of nitrogens with zero attached hydrogens (tertiary/aromatic N) is 2. The van der Waals surface area contributed by atoms with Crippen molar-refractivity contribution in [3.63, 3.8) is 0 Å². The molecular formula is C32H39FN8O9S. The van der Waals surface area contributed by atoms with Gasteiger partial charge in [-0.1, -0.05) is 6.07 Å². The first-order valence-electron chi connectivity index (χ1n) is 15.5. The van der Waals surface area contributed by atoms with E-state index >= 15 is 0 Å². The fourth-order valence-electron chi connectivity index (χ4n) is 4.07. The molecule has 0 aliphatic carbocycles. The molecule has 2 aromatic carbocycles. The second-order valence-electron chi connectivity index (χ2n) is 10.7. The van der Waals surface area contributed by atoms with Gasteiger partial charge in [-0.15, -0.1) is 0 Å². The van der Waals surface area contributed by atoms with Crippen LogP contribution in [-0.2, 0) is 28.7 Å². The minimum atomic E-state index is -1.28. The zero-order valence-electron chi connectivity index (χ0n) is 27.5. The summed E-state index contributed by atoms with van der Waals surface area (Å²) in [7, 11) is 1.58. The van der Waals surface area contributed by atoms with Crippen LogP contribution in [0.3, 0.4) is 0 Å². The summed E-state index contributed by atoms with van der Waals surface area (Å²) in [6.45, 7) is 0.195. The molecule has 0 fully saturated rings. The van der Waals surface area contributed by atoms with Crippen molar-refractivity contribution in [1.82, 2.24) is 20.6 Å². The second kappa shape index (κ2) is 20.9. The molecule has 0 aliphatic heterocycles. The molecule has 19 heteroatoms. The highest BCUT2D eigenvalue weighted by molar-refractivity contribution is 7.99. The molecule has 0 spiro atoms. The first kappa shape index (κ1) is 39.9. The van der Waals surface area contributed by atoms with E-state index in [4.69, 9.17) is 25.4 Å². The Labute approximate surface area is 296 Å². The summed E-state index contributed by atoms with van der Waals surface area (Å²) >= 11 is 1.16. The summed E-state index contributed by atoms with van der Waals surface area (Å²) in [5.41, 5.74) is 6.90. The number of ether oxygens (including phenoxy) is 2. The summed E-state index contributed by atoms with van der Waals surface area (Å²) in [5.74, 6) is -4.10. The predicted octanol–water partition coefficient (Wildman–Crippen LogP) is 2.07. The van der Waals surface area contributed by atoms with E-state index in [9.17, 15) is 28.4 Å². The largest absolute Gasteiger partial charge is 0.491 e. The molecule has 0 saturated carbocycles. The third-order valence-corrected chi connectivity index (χ3v) is 7.70. The Hall–Kier alpha value is -5.53. The number of aliphatic carboxylic acids is 2. The number of benzene rings is 2. The number of hydrogen-bond acceptors (Lipinski definition) is 13. The van der Waals surface area contributed by atoms with Crippen LogP contribution < -0.4 is 37.1 Å². The van der Waals surface area contributed by atoms with Gasteiger partial charge in [-0.25, -0.2) is 9.37 Å². The number of carbonyl (C=O) groups is 5. The number of carbonyl (C=O) groups excluding carboxylic acids is 3. The maximum absolute atomic E-state index is 14.6. The van der Waals surface area contributed by atoms with Crippen LogP contribution in [0.5, 0.6) is 5.75 Å². The highest BCUT2D eigenvalue weighted by atomic mass is 32.2. The van der Waals surface area contributed by atoms with Crippen molar-refractivity contribution in [3.8, 4) is 5.75 Å². The molecule has 3 aromatic rings. The topological polar surface area (TPSA) is 256 Å². The van der Waals surface area contributed by atoms with Crippen molar-refractivity contribution >= 4 is 70.3 Å². The van der Waals surface area contributed by atoms with Gasteiger partial charge in [0.2, 0.25) is 23.7 Å². The number of carboxylic acid groups (broad SMARTS) is 2. The number of nitrogens with two attached hydrogens (primary N) is 1. The van der Waals surface area contributed by atoms with Crippen LogP contribution in [0.25, 0.3) is 0 Å². The van der Waals surface area contributed by atoms with Crippen molar-refractivity contribution < 1.29 is 48.0 Å². The Balaban J connectivity index is 1.51. The number of halogens is 1. The lowest BCUT2D eigenvalue weighted by molar-refractivity contribution is -0.139. The molecule has 3 rings (SSSR count). The van der Waals surface area contributed by atoms with Crippen LogP contribution >= 0.6 is 11.8 Å². The number of nitrogens with one attached hydrogen (secondary N) is 5. The number of carboxylic acids is 2. The van der Waals surface area contributed by atoms with Crippen molar-refractivity contribution in [2.75, 3.05) is 54.3 Å². The van der Waals surface area contributed by atoms with Crippen molar-refractivity contribution in [2.24, 2.45) is 5.73 Å². The fraction of sp³-hybridized carbons (Fsp3) is 0.344. The van der Waals surface area contributed by atoms with Crippen molar-refractivity contribution in [1.29, 1.82) is 0 Å². The van der Waals surface area contributed by atoms with Gasteiger partial charge in [0.15, 0.2) is 11.6 Å². The van der Waals surface area contributed by atoms with Gasteiger partial charge in [-0.05, 0) is 48.9 Å². The van der Waals surface area contributed by atoms with Crippen LogP contribution in [0, 0.1) is 5.82 Å². The first-order chi connectivity index (χ1) is 24.4. The number of rotatable bonds is 22. The Morgan fingerprint density at radius 3 is 2.41 bits per heavy atom. The molecule has 0 unspecified atom stereocenters. The summed E-state index contributed by atoms with van der Waals surface area (Å²) in [6, 6.07) is 11.1. The molecule has 0 radical (unpaired) electrons. The molecule has 2 atom stereocenters. The highest BCUT2D eigenvalue weighted by Crippen LogP contribution is 2.24.